The Labute approximate surface area is 92.7 Å². The maximum atomic E-state index is 11.0. The Morgan fingerprint density at radius 2 is 2.08 bits per heavy atom. The Morgan fingerprint density at radius 3 is 2.62 bits per heavy atom. The fourth-order valence-electron chi connectivity index (χ4n) is 0.781. The Morgan fingerprint density at radius 1 is 1.46 bits per heavy atom. The lowest BCUT2D eigenvalue weighted by Crippen LogP contribution is -2.19. The summed E-state index contributed by atoms with van der Waals surface area (Å²) >= 11 is 14.5. The lowest BCUT2D eigenvalue weighted by atomic mass is 10.2. The minimum atomic E-state index is -0.670. The van der Waals surface area contributed by atoms with Crippen molar-refractivity contribution in [3.05, 3.63) is 32.2 Å². The first-order valence-corrected chi connectivity index (χ1v) is 4.70. The highest BCUT2D eigenvalue weighted by Crippen LogP contribution is 2.29. The van der Waals surface area contributed by atoms with Gasteiger partial charge in [0.15, 0.2) is 0 Å². The summed E-state index contributed by atoms with van der Waals surface area (Å²) in [5, 5.41) is 9.02. The van der Waals surface area contributed by atoms with Gasteiger partial charge in [0.25, 0.3) is 5.91 Å². The molecule has 2 N–H and O–H groups in total. The van der Waals surface area contributed by atoms with Crippen molar-refractivity contribution in [2.75, 3.05) is 0 Å². The van der Waals surface area contributed by atoms with E-state index in [1.165, 1.54) is 17.6 Å². The van der Waals surface area contributed by atoms with Crippen molar-refractivity contribution < 1.29 is 10.0 Å². The van der Waals surface area contributed by atoms with Crippen LogP contribution in [-0.4, -0.2) is 11.1 Å². The smallest absolute Gasteiger partial charge is 0.275 e. The van der Waals surface area contributed by atoms with Crippen molar-refractivity contribution in [1.29, 1.82) is 0 Å². The quantitative estimate of drug-likeness (QED) is 0.473. The number of carbonyl (C=O) groups is 1. The standard InChI is InChI=1S/C7H4BrCl2NO2/c8-6-4(7(12)11-13)1-3(9)2-5(6)10/h1-2,13H,(H,11,12). The molecule has 0 heterocycles. The highest BCUT2D eigenvalue weighted by molar-refractivity contribution is 9.10. The Bertz CT molecular complexity index is 357. The molecule has 6 heteroatoms. The van der Waals surface area contributed by atoms with Crippen LogP contribution in [0, 0.1) is 0 Å². The molecule has 1 aromatic rings. The molecule has 0 radical (unpaired) electrons. The van der Waals surface area contributed by atoms with Crippen molar-refractivity contribution in [2.45, 2.75) is 0 Å². The van der Waals surface area contributed by atoms with Crippen LogP contribution in [0.2, 0.25) is 10.0 Å². The second-order valence-electron chi connectivity index (χ2n) is 2.19. The monoisotopic (exact) mass is 283 g/mol. The number of benzene rings is 1. The van der Waals surface area contributed by atoms with Gasteiger partial charge < -0.3 is 0 Å². The molecule has 0 aromatic heterocycles. The molecule has 0 spiro atoms. The summed E-state index contributed by atoms with van der Waals surface area (Å²) in [6.07, 6.45) is 0. The highest BCUT2D eigenvalue weighted by atomic mass is 79.9. The Kier molecular flexibility index (Phi) is 3.55. The molecule has 70 valence electrons. The number of halogens is 3. The number of hydrogen-bond acceptors (Lipinski definition) is 2. The van der Waals surface area contributed by atoms with Crippen LogP contribution in [0.3, 0.4) is 0 Å². The third kappa shape index (κ3) is 2.34. The van der Waals surface area contributed by atoms with Gasteiger partial charge in [-0.15, -0.1) is 0 Å². The zero-order valence-electron chi connectivity index (χ0n) is 6.14. The summed E-state index contributed by atoms with van der Waals surface area (Å²) in [4.78, 5) is 11.0. The van der Waals surface area contributed by atoms with Crippen molar-refractivity contribution in [3.8, 4) is 0 Å². The number of carbonyl (C=O) groups excluding carboxylic acids is 1. The fourth-order valence-corrected chi connectivity index (χ4v) is 1.68. The summed E-state index contributed by atoms with van der Waals surface area (Å²) in [6, 6.07) is 2.88. The topological polar surface area (TPSA) is 49.3 Å². The van der Waals surface area contributed by atoms with Crippen molar-refractivity contribution >= 4 is 45.0 Å². The normalized spacial score (nSPS) is 9.85. The maximum absolute atomic E-state index is 11.0. The zero-order valence-corrected chi connectivity index (χ0v) is 9.24. The first kappa shape index (κ1) is 10.8. The van der Waals surface area contributed by atoms with Gasteiger partial charge in [0, 0.05) is 9.50 Å². The average molecular weight is 285 g/mol. The van der Waals surface area contributed by atoms with E-state index in [1.54, 1.807) is 0 Å². The van der Waals surface area contributed by atoms with E-state index in [9.17, 15) is 4.79 Å². The van der Waals surface area contributed by atoms with Crippen molar-refractivity contribution in [1.82, 2.24) is 5.48 Å². The minimum absolute atomic E-state index is 0.181. The summed E-state index contributed by atoms with van der Waals surface area (Å²) < 4.78 is 0.394. The number of amides is 1. The minimum Gasteiger partial charge on any atom is -0.288 e. The van der Waals surface area contributed by atoms with Crippen LogP contribution in [0.25, 0.3) is 0 Å². The SMILES string of the molecule is O=C(NO)c1cc(Cl)cc(Cl)c1Br. The lowest BCUT2D eigenvalue weighted by molar-refractivity contribution is 0.0705. The van der Waals surface area contributed by atoms with Crippen molar-refractivity contribution in [2.24, 2.45) is 0 Å². The van der Waals surface area contributed by atoms with Crippen LogP contribution in [0.5, 0.6) is 0 Å². The van der Waals surface area contributed by atoms with Gasteiger partial charge in [-0.3, -0.25) is 10.0 Å². The van der Waals surface area contributed by atoms with Gasteiger partial charge in [0.2, 0.25) is 0 Å². The lowest BCUT2D eigenvalue weighted by Gasteiger charge is -2.04. The van der Waals surface area contributed by atoms with Gasteiger partial charge in [0.1, 0.15) is 0 Å². The molecule has 0 aliphatic heterocycles. The third-order valence-electron chi connectivity index (χ3n) is 1.34. The molecular formula is C7H4BrCl2NO2. The number of nitrogens with one attached hydrogen (secondary N) is 1. The molecule has 0 aliphatic rings. The van der Waals surface area contributed by atoms with E-state index in [0.717, 1.165) is 0 Å². The molecule has 1 amide bonds. The van der Waals surface area contributed by atoms with Crippen molar-refractivity contribution in [3.63, 3.8) is 0 Å². The molecule has 0 bridgehead atoms. The van der Waals surface area contributed by atoms with E-state index < -0.39 is 5.91 Å². The van der Waals surface area contributed by atoms with E-state index in [-0.39, 0.29) is 5.56 Å². The summed E-state index contributed by atoms with van der Waals surface area (Å²) in [7, 11) is 0. The van der Waals surface area contributed by atoms with Gasteiger partial charge in [-0.05, 0) is 28.1 Å². The largest absolute Gasteiger partial charge is 0.288 e. The first-order chi connectivity index (χ1) is 6.06. The molecule has 1 rings (SSSR count). The highest BCUT2D eigenvalue weighted by Gasteiger charge is 2.12. The molecule has 13 heavy (non-hydrogen) atoms. The van der Waals surface area contributed by atoms with Crippen LogP contribution in [0.1, 0.15) is 10.4 Å². The second kappa shape index (κ2) is 4.28. The predicted molar refractivity (Wildman–Crippen MR) is 53.4 cm³/mol. The van der Waals surface area contributed by atoms with Gasteiger partial charge in [-0.2, -0.15) is 0 Å². The maximum Gasteiger partial charge on any atom is 0.275 e. The first-order valence-electron chi connectivity index (χ1n) is 3.15. The van der Waals surface area contributed by atoms with E-state index in [1.807, 2.05) is 0 Å². The molecule has 3 nitrogen and oxygen atoms in total. The Hall–Kier alpha value is -0.290. The molecule has 0 saturated carbocycles. The molecule has 0 fully saturated rings. The third-order valence-corrected chi connectivity index (χ3v) is 2.94. The van der Waals surface area contributed by atoms with Gasteiger partial charge in [-0.25, -0.2) is 5.48 Å². The zero-order chi connectivity index (χ0) is 10.0. The van der Waals surface area contributed by atoms with Gasteiger partial charge in [0.05, 0.1) is 10.6 Å². The number of hydroxylamine groups is 1. The van der Waals surface area contributed by atoms with Gasteiger partial charge >= 0.3 is 0 Å². The van der Waals surface area contributed by atoms with Crippen LogP contribution in [-0.2, 0) is 0 Å². The van der Waals surface area contributed by atoms with Crippen LogP contribution in [0.15, 0.2) is 16.6 Å². The second-order valence-corrected chi connectivity index (χ2v) is 3.83. The predicted octanol–water partition coefficient (Wildman–Crippen LogP) is 2.87. The van der Waals surface area contributed by atoms with E-state index in [0.29, 0.717) is 14.5 Å². The summed E-state index contributed by atoms with van der Waals surface area (Å²) in [6.45, 7) is 0. The molecule has 1 aromatic carbocycles. The average Bonchev–Trinajstić information content (AvgIpc) is 2.10. The number of rotatable bonds is 1. The molecule has 0 unspecified atom stereocenters. The summed E-state index contributed by atoms with van der Waals surface area (Å²) in [5.41, 5.74) is 1.67. The van der Waals surface area contributed by atoms with Crippen LogP contribution < -0.4 is 5.48 Å². The fraction of sp³-hybridized carbons (Fsp3) is 0. The Balaban J connectivity index is 3.28. The molecule has 0 atom stereocenters. The van der Waals surface area contributed by atoms with E-state index >= 15 is 0 Å². The molecule has 0 aliphatic carbocycles. The van der Waals surface area contributed by atoms with Gasteiger partial charge in [-0.1, -0.05) is 23.2 Å². The van der Waals surface area contributed by atoms with Crippen LogP contribution >= 0.6 is 39.1 Å². The van der Waals surface area contributed by atoms with E-state index in [2.05, 4.69) is 15.9 Å². The molecule has 0 saturated heterocycles. The summed E-state index contributed by atoms with van der Waals surface area (Å²) in [5.74, 6) is -0.670. The van der Waals surface area contributed by atoms with Crippen LogP contribution in [0.4, 0.5) is 0 Å². The molecular weight excluding hydrogens is 281 g/mol. The number of hydrogen-bond donors (Lipinski definition) is 2. The van der Waals surface area contributed by atoms with E-state index in [4.69, 9.17) is 28.4 Å².